The Morgan fingerprint density at radius 2 is 1.66 bits per heavy atom. The number of aryl methyl sites for hydroxylation is 1. The highest BCUT2D eigenvalue weighted by Crippen LogP contribution is 2.27. The maximum atomic E-state index is 13.5. The second-order valence-corrected chi connectivity index (χ2v) is 8.30. The van der Waals surface area contributed by atoms with E-state index in [-0.39, 0.29) is 17.4 Å². The summed E-state index contributed by atoms with van der Waals surface area (Å²) < 4.78 is 1.65. The number of benzene rings is 2. The molecule has 1 aliphatic heterocycles. The molecule has 0 spiro atoms. The summed E-state index contributed by atoms with van der Waals surface area (Å²) in [5.41, 5.74) is 2.73. The zero-order chi connectivity index (χ0) is 20.2. The summed E-state index contributed by atoms with van der Waals surface area (Å²) in [6.45, 7) is 3.23. The second-order valence-electron chi connectivity index (χ2n) is 7.31. The van der Waals surface area contributed by atoms with Crippen LogP contribution < -0.4 is 5.56 Å². The molecule has 0 N–H and O–H groups in total. The summed E-state index contributed by atoms with van der Waals surface area (Å²) in [7, 11) is 0. The van der Waals surface area contributed by atoms with Crippen LogP contribution in [0.1, 0.15) is 16.7 Å². The summed E-state index contributed by atoms with van der Waals surface area (Å²) in [5.74, 6) is 0.458. The number of rotatable bonds is 5. The normalized spacial score (nSPS) is 15.6. The standard InChI is InChI=1S/C23H23N3O2S/c1-17-12-24-23-26(21(17)27)15-20(16-29-23)22(28)25(13-18-8-4-2-5-9-18)14-19-10-6-3-7-11-19/h2-12,20H,13-16H2,1H3. The van der Waals surface area contributed by atoms with E-state index in [1.807, 2.05) is 65.6 Å². The van der Waals surface area contributed by atoms with Crippen LogP contribution in [0.15, 0.2) is 76.8 Å². The molecule has 1 aliphatic rings. The van der Waals surface area contributed by atoms with Crippen LogP contribution >= 0.6 is 11.8 Å². The molecule has 5 nitrogen and oxygen atoms in total. The Kier molecular flexibility index (Phi) is 5.81. The van der Waals surface area contributed by atoms with E-state index in [4.69, 9.17) is 0 Å². The summed E-state index contributed by atoms with van der Waals surface area (Å²) >= 11 is 1.48. The lowest BCUT2D eigenvalue weighted by Crippen LogP contribution is -2.42. The molecule has 4 rings (SSSR count). The van der Waals surface area contributed by atoms with Gasteiger partial charge in [-0.3, -0.25) is 14.2 Å². The van der Waals surface area contributed by atoms with Crippen molar-refractivity contribution < 1.29 is 4.79 Å². The molecule has 2 aromatic carbocycles. The monoisotopic (exact) mass is 405 g/mol. The van der Waals surface area contributed by atoms with Crippen LogP contribution in [-0.2, 0) is 24.4 Å². The first-order valence-electron chi connectivity index (χ1n) is 9.67. The van der Waals surface area contributed by atoms with Gasteiger partial charge in [0, 0.05) is 37.1 Å². The molecule has 1 unspecified atom stereocenters. The van der Waals surface area contributed by atoms with Crippen molar-refractivity contribution in [2.45, 2.75) is 31.7 Å². The van der Waals surface area contributed by atoms with Gasteiger partial charge in [0.05, 0.1) is 5.92 Å². The third-order valence-electron chi connectivity index (χ3n) is 5.09. The van der Waals surface area contributed by atoms with Crippen LogP contribution in [-0.4, -0.2) is 26.1 Å². The topological polar surface area (TPSA) is 55.2 Å². The van der Waals surface area contributed by atoms with E-state index < -0.39 is 0 Å². The van der Waals surface area contributed by atoms with Crippen LogP contribution in [0, 0.1) is 12.8 Å². The lowest BCUT2D eigenvalue weighted by molar-refractivity contribution is -0.136. The number of amides is 1. The number of nitrogens with zero attached hydrogens (tertiary/aromatic N) is 3. The number of hydrogen-bond acceptors (Lipinski definition) is 4. The van der Waals surface area contributed by atoms with Gasteiger partial charge in [0.15, 0.2) is 5.16 Å². The van der Waals surface area contributed by atoms with Crippen LogP contribution in [0.2, 0.25) is 0 Å². The van der Waals surface area contributed by atoms with E-state index in [9.17, 15) is 9.59 Å². The molecular weight excluding hydrogens is 382 g/mol. The van der Waals surface area contributed by atoms with Gasteiger partial charge in [-0.1, -0.05) is 72.4 Å². The number of carbonyl (C=O) groups excluding carboxylic acids is 1. The van der Waals surface area contributed by atoms with Gasteiger partial charge in [-0.15, -0.1) is 0 Å². The lowest BCUT2D eigenvalue weighted by atomic mass is 10.1. The van der Waals surface area contributed by atoms with E-state index >= 15 is 0 Å². The second kappa shape index (κ2) is 8.66. The predicted molar refractivity (Wildman–Crippen MR) is 115 cm³/mol. The average Bonchev–Trinajstić information content (AvgIpc) is 2.77. The van der Waals surface area contributed by atoms with Crippen LogP contribution in [0.3, 0.4) is 0 Å². The maximum absolute atomic E-state index is 13.5. The fraction of sp³-hybridized carbons (Fsp3) is 0.261. The molecule has 29 heavy (non-hydrogen) atoms. The number of hydrogen-bond donors (Lipinski definition) is 0. The van der Waals surface area contributed by atoms with Crippen LogP contribution in [0.5, 0.6) is 0 Å². The van der Waals surface area contributed by atoms with Gasteiger partial charge in [-0.2, -0.15) is 0 Å². The van der Waals surface area contributed by atoms with Crippen molar-refractivity contribution in [2.24, 2.45) is 5.92 Å². The molecule has 0 aliphatic carbocycles. The average molecular weight is 406 g/mol. The lowest BCUT2D eigenvalue weighted by Gasteiger charge is -2.30. The highest BCUT2D eigenvalue weighted by atomic mass is 32.2. The zero-order valence-electron chi connectivity index (χ0n) is 16.3. The minimum absolute atomic E-state index is 0.0577. The van der Waals surface area contributed by atoms with Gasteiger partial charge in [-0.25, -0.2) is 4.98 Å². The third kappa shape index (κ3) is 4.43. The van der Waals surface area contributed by atoms with Crippen molar-refractivity contribution in [3.63, 3.8) is 0 Å². The number of aromatic nitrogens is 2. The van der Waals surface area contributed by atoms with Crippen molar-refractivity contribution in [2.75, 3.05) is 5.75 Å². The van der Waals surface area contributed by atoms with Gasteiger partial charge >= 0.3 is 0 Å². The van der Waals surface area contributed by atoms with E-state index in [1.54, 1.807) is 17.7 Å². The number of carbonyl (C=O) groups is 1. The summed E-state index contributed by atoms with van der Waals surface area (Å²) in [6, 6.07) is 20.0. The van der Waals surface area contributed by atoms with Crippen molar-refractivity contribution in [1.82, 2.24) is 14.5 Å². The Labute approximate surface area is 174 Å². The molecule has 6 heteroatoms. The summed E-state index contributed by atoms with van der Waals surface area (Å²) in [5, 5.41) is 0.697. The van der Waals surface area contributed by atoms with E-state index in [1.165, 1.54) is 11.8 Å². The molecule has 0 saturated heterocycles. The van der Waals surface area contributed by atoms with Gasteiger partial charge in [0.2, 0.25) is 5.91 Å². The van der Waals surface area contributed by atoms with Gasteiger partial charge in [0.25, 0.3) is 5.56 Å². The van der Waals surface area contributed by atoms with E-state index in [0.29, 0.717) is 36.1 Å². The SMILES string of the molecule is Cc1cnc2n(c1=O)CC(C(=O)N(Cc1ccccc1)Cc1ccccc1)CS2. The minimum Gasteiger partial charge on any atom is -0.334 e. The van der Waals surface area contributed by atoms with E-state index in [2.05, 4.69) is 4.98 Å². The largest absolute Gasteiger partial charge is 0.334 e. The maximum Gasteiger partial charge on any atom is 0.257 e. The van der Waals surface area contributed by atoms with Crippen LogP contribution in [0.25, 0.3) is 0 Å². The molecule has 0 fully saturated rings. The zero-order valence-corrected chi connectivity index (χ0v) is 17.1. The van der Waals surface area contributed by atoms with Gasteiger partial charge in [-0.05, 0) is 18.1 Å². The first-order valence-corrected chi connectivity index (χ1v) is 10.7. The fourth-order valence-corrected chi connectivity index (χ4v) is 4.57. The highest BCUT2D eigenvalue weighted by Gasteiger charge is 2.30. The minimum atomic E-state index is -0.249. The predicted octanol–water partition coefficient (Wildman–Crippen LogP) is 3.50. The number of fused-ring (bicyclic) bond motifs is 1. The molecule has 0 radical (unpaired) electrons. The Balaban J connectivity index is 1.59. The first kappa shape index (κ1) is 19.5. The Hall–Kier alpha value is -2.86. The van der Waals surface area contributed by atoms with Crippen LogP contribution in [0.4, 0.5) is 0 Å². The van der Waals surface area contributed by atoms with Gasteiger partial charge < -0.3 is 4.90 Å². The quantitative estimate of drug-likeness (QED) is 0.610. The molecule has 1 amide bonds. The highest BCUT2D eigenvalue weighted by molar-refractivity contribution is 7.99. The summed E-state index contributed by atoms with van der Waals surface area (Å²) in [4.78, 5) is 32.3. The van der Waals surface area contributed by atoms with Crippen molar-refractivity contribution in [1.29, 1.82) is 0 Å². The fourth-order valence-electron chi connectivity index (χ4n) is 3.53. The first-order chi connectivity index (χ1) is 14.1. The van der Waals surface area contributed by atoms with Crippen molar-refractivity contribution in [3.8, 4) is 0 Å². The number of thioether (sulfide) groups is 1. The molecule has 0 bridgehead atoms. The van der Waals surface area contributed by atoms with E-state index in [0.717, 1.165) is 11.1 Å². The molecule has 3 aromatic rings. The third-order valence-corrected chi connectivity index (χ3v) is 6.25. The van der Waals surface area contributed by atoms with Crippen molar-refractivity contribution in [3.05, 3.63) is 93.9 Å². The molecule has 1 aromatic heterocycles. The Morgan fingerprint density at radius 1 is 1.07 bits per heavy atom. The Bertz CT molecular complexity index is 1010. The molecule has 0 saturated carbocycles. The Morgan fingerprint density at radius 3 is 2.24 bits per heavy atom. The molecular formula is C23H23N3O2S. The smallest absolute Gasteiger partial charge is 0.257 e. The molecule has 2 heterocycles. The van der Waals surface area contributed by atoms with Gasteiger partial charge in [0.1, 0.15) is 0 Å². The molecule has 1 atom stereocenters. The molecule has 148 valence electrons. The van der Waals surface area contributed by atoms with Crippen molar-refractivity contribution >= 4 is 17.7 Å². The summed E-state index contributed by atoms with van der Waals surface area (Å²) in [6.07, 6.45) is 1.61.